The molecule has 0 aliphatic carbocycles. The average Bonchev–Trinajstić information content (AvgIpc) is 2.28. The Bertz CT molecular complexity index is 456. The number of hydrazine groups is 1. The maximum absolute atomic E-state index is 13.0. The quantitative estimate of drug-likeness (QED) is 0.783. The van der Waals surface area contributed by atoms with Gasteiger partial charge in [-0.25, -0.2) is 9.40 Å². The fourth-order valence-electron chi connectivity index (χ4n) is 2.32. The lowest BCUT2D eigenvalue weighted by molar-refractivity contribution is -0.0387. The molecule has 1 aromatic rings. The predicted molar refractivity (Wildman–Crippen MR) is 68.9 cm³/mol. The number of benzene rings is 1. The first-order valence-electron chi connectivity index (χ1n) is 6.00. The fraction of sp³-hybridized carbons (Fsp3) is 0.462. The van der Waals surface area contributed by atoms with Crippen LogP contribution in [0, 0.1) is 5.82 Å². The molecule has 0 saturated carbocycles. The number of carbonyl (C=O) groups excluding carboxylic acids is 1. The summed E-state index contributed by atoms with van der Waals surface area (Å²) in [6.07, 6.45) is 2.04. The highest BCUT2D eigenvalue weighted by Crippen LogP contribution is 2.24. The van der Waals surface area contributed by atoms with Crippen LogP contribution in [-0.4, -0.2) is 35.6 Å². The van der Waals surface area contributed by atoms with Gasteiger partial charge in [-0.1, -0.05) is 11.6 Å². The Kier molecular flexibility index (Phi) is 3.88. The molecule has 0 bridgehead atoms. The predicted octanol–water partition coefficient (Wildman–Crippen LogP) is 2.95. The van der Waals surface area contributed by atoms with Crippen molar-refractivity contribution in [2.45, 2.75) is 25.8 Å². The molecule has 1 amide bonds. The van der Waals surface area contributed by atoms with Gasteiger partial charge < -0.3 is 0 Å². The zero-order chi connectivity index (χ0) is 13.3. The lowest BCUT2D eigenvalue weighted by atomic mass is 10.1. The molecule has 0 radical (unpaired) electrons. The molecule has 18 heavy (non-hydrogen) atoms. The largest absolute Gasteiger partial charge is 0.269 e. The third kappa shape index (κ3) is 2.49. The number of halogens is 2. The minimum Gasteiger partial charge on any atom is -0.269 e. The van der Waals surface area contributed by atoms with E-state index in [-0.39, 0.29) is 17.0 Å². The lowest BCUT2D eigenvalue weighted by Crippen LogP contribution is -2.52. The molecule has 0 aromatic heterocycles. The summed E-state index contributed by atoms with van der Waals surface area (Å²) in [5, 5.41) is 3.75. The lowest BCUT2D eigenvalue weighted by Gasteiger charge is -2.41. The maximum atomic E-state index is 13.0. The van der Waals surface area contributed by atoms with Crippen molar-refractivity contribution in [3.63, 3.8) is 0 Å². The van der Waals surface area contributed by atoms with Crippen molar-refractivity contribution in [2.24, 2.45) is 0 Å². The highest BCUT2D eigenvalue weighted by atomic mass is 35.5. The van der Waals surface area contributed by atoms with Crippen LogP contribution in [0.5, 0.6) is 0 Å². The van der Waals surface area contributed by atoms with Crippen LogP contribution in [0.3, 0.4) is 0 Å². The van der Waals surface area contributed by atoms with Crippen molar-refractivity contribution in [2.75, 3.05) is 13.6 Å². The molecule has 1 unspecified atom stereocenters. The molecule has 1 atom stereocenters. The molecule has 0 spiro atoms. The Hall–Kier alpha value is -1.13. The summed E-state index contributed by atoms with van der Waals surface area (Å²) >= 11 is 5.93. The number of nitrogens with zero attached hydrogens (tertiary/aromatic N) is 2. The van der Waals surface area contributed by atoms with Gasteiger partial charge in [0.2, 0.25) is 0 Å². The van der Waals surface area contributed by atoms with Crippen LogP contribution in [0.2, 0.25) is 5.02 Å². The van der Waals surface area contributed by atoms with Gasteiger partial charge in [0, 0.05) is 19.6 Å². The normalized spacial score (nSPS) is 21.1. The second-order valence-corrected chi connectivity index (χ2v) is 5.05. The summed E-state index contributed by atoms with van der Waals surface area (Å²) in [5.74, 6) is -0.605. The van der Waals surface area contributed by atoms with Crippen molar-refractivity contribution in [3.8, 4) is 0 Å². The van der Waals surface area contributed by atoms with Crippen LogP contribution in [0.1, 0.15) is 30.1 Å². The first-order valence-corrected chi connectivity index (χ1v) is 6.38. The Labute approximate surface area is 111 Å². The van der Waals surface area contributed by atoms with Crippen molar-refractivity contribution >= 4 is 17.5 Å². The first-order chi connectivity index (χ1) is 8.50. The third-order valence-corrected chi connectivity index (χ3v) is 3.57. The molecule has 1 aliphatic rings. The molecule has 2 rings (SSSR count). The molecule has 1 aliphatic heterocycles. The summed E-state index contributed by atoms with van der Waals surface area (Å²) in [7, 11) is 1.88. The van der Waals surface area contributed by atoms with Crippen LogP contribution in [0.25, 0.3) is 0 Å². The van der Waals surface area contributed by atoms with E-state index in [9.17, 15) is 9.18 Å². The fourth-order valence-corrected chi connectivity index (χ4v) is 2.57. The number of hydrogen-bond donors (Lipinski definition) is 0. The van der Waals surface area contributed by atoms with Crippen LogP contribution < -0.4 is 0 Å². The zero-order valence-corrected chi connectivity index (χ0v) is 11.2. The van der Waals surface area contributed by atoms with Crippen LogP contribution in [0.15, 0.2) is 18.2 Å². The molecular formula is C13H16ClFN2O. The summed E-state index contributed by atoms with van der Waals surface area (Å²) in [6, 6.07) is 4.00. The van der Waals surface area contributed by atoms with Crippen molar-refractivity contribution in [1.82, 2.24) is 10.0 Å². The van der Waals surface area contributed by atoms with E-state index in [2.05, 4.69) is 0 Å². The Morgan fingerprint density at radius 1 is 1.50 bits per heavy atom. The van der Waals surface area contributed by atoms with E-state index in [1.807, 2.05) is 19.0 Å². The van der Waals surface area contributed by atoms with Crippen LogP contribution >= 0.6 is 11.6 Å². The maximum Gasteiger partial charge on any atom is 0.269 e. The van der Waals surface area contributed by atoms with E-state index in [1.54, 1.807) is 5.01 Å². The molecule has 5 heteroatoms. The number of rotatable bonds is 1. The number of carbonyl (C=O) groups is 1. The second kappa shape index (κ2) is 5.24. The molecule has 98 valence electrons. The van der Waals surface area contributed by atoms with E-state index in [1.165, 1.54) is 18.2 Å². The summed E-state index contributed by atoms with van der Waals surface area (Å²) in [5.41, 5.74) is 0.346. The minimum absolute atomic E-state index is 0.136. The Balaban J connectivity index is 2.29. The van der Waals surface area contributed by atoms with E-state index in [0.29, 0.717) is 5.56 Å². The topological polar surface area (TPSA) is 23.6 Å². The van der Waals surface area contributed by atoms with Gasteiger partial charge in [-0.15, -0.1) is 0 Å². The van der Waals surface area contributed by atoms with Gasteiger partial charge in [0.05, 0.1) is 10.6 Å². The van der Waals surface area contributed by atoms with Crippen molar-refractivity contribution in [1.29, 1.82) is 0 Å². The van der Waals surface area contributed by atoms with Gasteiger partial charge in [0.1, 0.15) is 5.82 Å². The average molecular weight is 271 g/mol. The summed E-state index contributed by atoms with van der Waals surface area (Å²) < 4.78 is 13.0. The van der Waals surface area contributed by atoms with Gasteiger partial charge in [-0.3, -0.25) is 9.80 Å². The monoisotopic (exact) mass is 270 g/mol. The highest BCUT2D eigenvalue weighted by Gasteiger charge is 2.29. The zero-order valence-electron chi connectivity index (χ0n) is 10.5. The van der Waals surface area contributed by atoms with Crippen molar-refractivity contribution < 1.29 is 9.18 Å². The Morgan fingerprint density at radius 3 is 2.83 bits per heavy atom. The first kappa shape index (κ1) is 13.3. The van der Waals surface area contributed by atoms with Crippen LogP contribution in [0.4, 0.5) is 4.39 Å². The van der Waals surface area contributed by atoms with E-state index in [0.717, 1.165) is 19.4 Å². The minimum atomic E-state index is -0.434. The van der Waals surface area contributed by atoms with Crippen LogP contribution in [-0.2, 0) is 0 Å². The van der Waals surface area contributed by atoms with Gasteiger partial charge in [0.15, 0.2) is 0 Å². The molecule has 0 N–H and O–H groups in total. The molecule has 1 saturated heterocycles. The van der Waals surface area contributed by atoms with Gasteiger partial charge >= 0.3 is 0 Å². The van der Waals surface area contributed by atoms with Gasteiger partial charge in [-0.2, -0.15) is 0 Å². The second-order valence-electron chi connectivity index (χ2n) is 4.65. The molecule has 1 heterocycles. The van der Waals surface area contributed by atoms with Gasteiger partial charge in [0.25, 0.3) is 5.91 Å². The standard InChI is InChI=1S/C13H16ClFN2O/c1-9-4-3-7-16(2)17(9)13(18)11-6-5-10(15)8-12(11)14/h5-6,8-9H,3-4,7H2,1-2H3. The van der Waals surface area contributed by atoms with Crippen molar-refractivity contribution in [3.05, 3.63) is 34.6 Å². The molecular weight excluding hydrogens is 255 g/mol. The summed E-state index contributed by atoms with van der Waals surface area (Å²) in [6.45, 7) is 2.85. The SMILES string of the molecule is CC1CCCN(C)N1C(=O)c1ccc(F)cc1Cl. The van der Waals surface area contributed by atoms with E-state index in [4.69, 9.17) is 11.6 Å². The molecule has 1 aromatic carbocycles. The number of hydrogen-bond acceptors (Lipinski definition) is 2. The summed E-state index contributed by atoms with van der Waals surface area (Å²) in [4.78, 5) is 12.4. The van der Waals surface area contributed by atoms with Gasteiger partial charge in [-0.05, 0) is 38.0 Å². The molecule has 3 nitrogen and oxygen atoms in total. The number of amides is 1. The third-order valence-electron chi connectivity index (χ3n) is 3.26. The molecule has 1 fully saturated rings. The Morgan fingerprint density at radius 2 is 2.22 bits per heavy atom. The smallest absolute Gasteiger partial charge is 0.269 e. The highest BCUT2D eigenvalue weighted by molar-refractivity contribution is 6.33. The van der Waals surface area contributed by atoms with E-state index < -0.39 is 5.82 Å². The van der Waals surface area contributed by atoms with E-state index >= 15 is 0 Å².